The maximum absolute atomic E-state index is 6.00. The zero-order chi connectivity index (χ0) is 13.2. The van der Waals surface area contributed by atoms with Gasteiger partial charge in [-0.2, -0.15) is 4.98 Å². The molecule has 1 aromatic heterocycles. The lowest BCUT2D eigenvalue weighted by atomic mass is 10.2. The Morgan fingerprint density at radius 1 is 1.37 bits per heavy atom. The molecule has 19 heavy (non-hydrogen) atoms. The second-order valence-electron chi connectivity index (χ2n) is 4.65. The highest BCUT2D eigenvalue weighted by Gasteiger charge is 2.32. The van der Waals surface area contributed by atoms with Crippen molar-refractivity contribution in [2.75, 3.05) is 0 Å². The van der Waals surface area contributed by atoms with Crippen molar-refractivity contribution >= 4 is 11.6 Å². The average molecular weight is 280 g/mol. The molecule has 1 unspecified atom stereocenters. The van der Waals surface area contributed by atoms with Gasteiger partial charge in [0.2, 0.25) is 0 Å². The Morgan fingerprint density at radius 3 is 2.79 bits per heavy atom. The summed E-state index contributed by atoms with van der Waals surface area (Å²) in [5.74, 6) is 2.21. The molecule has 3 rings (SSSR count). The smallest absolute Gasteiger partial charge is 0.264 e. The number of hydrogen-bond donors (Lipinski definition) is 1. The number of halogens is 1. The Balaban J connectivity index is 1.59. The van der Waals surface area contributed by atoms with Crippen LogP contribution < -0.4 is 10.5 Å². The summed E-state index contributed by atoms with van der Waals surface area (Å²) in [5, 5.41) is 4.56. The van der Waals surface area contributed by atoms with Crippen LogP contribution in [0, 0.1) is 5.92 Å². The van der Waals surface area contributed by atoms with Crippen LogP contribution in [0.4, 0.5) is 0 Å². The van der Waals surface area contributed by atoms with Gasteiger partial charge in [0, 0.05) is 5.02 Å². The van der Waals surface area contributed by atoms with Crippen LogP contribution in [0.5, 0.6) is 5.75 Å². The lowest BCUT2D eigenvalue weighted by Crippen LogP contribution is -2.14. The van der Waals surface area contributed by atoms with Crippen LogP contribution in [-0.4, -0.2) is 10.1 Å². The molecule has 2 N–H and O–H groups in total. The molecule has 0 aliphatic heterocycles. The molecule has 1 fully saturated rings. The number of nitrogens with two attached hydrogens (primary N) is 1. The first kappa shape index (κ1) is 12.4. The van der Waals surface area contributed by atoms with Crippen molar-refractivity contribution < 1.29 is 9.26 Å². The van der Waals surface area contributed by atoms with E-state index in [0.29, 0.717) is 28.4 Å². The molecule has 1 saturated carbocycles. The first-order valence-corrected chi connectivity index (χ1v) is 6.56. The summed E-state index contributed by atoms with van der Waals surface area (Å²) in [6.45, 7) is 0.228. The van der Waals surface area contributed by atoms with E-state index in [4.69, 9.17) is 26.6 Å². The van der Waals surface area contributed by atoms with Gasteiger partial charge in [0.15, 0.2) is 12.4 Å². The molecular formula is C13H14ClN3O2. The fraction of sp³-hybridized carbons (Fsp3) is 0.385. The van der Waals surface area contributed by atoms with Gasteiger partial charge in [-0.05, 0) is 43.0 Å². The van der Waals surface area contributed by atoms with Crippen LogP contribution in [0.1, 0.15) is 30.6 Å². The molecule has 0 bridgehead atoms. The van der Waals surface area contributed by atoms with Crippen LogP contribution in [0.2, 0.25) is 5.02 Å². The highest BCUT2D eigenvalue weighted by molar-refractivity contribution is 6.30. The minimum absolute atomic E-state index is 0.118. The number of ether oxygens (including phenoxy) is 1. The molecule has 1 heterocycles. The molecule has 0 spiro atoms. The number of benzene rings is 1. The molecule has 1 aromatic carbocycles. The Hall–Kier alpha value is -1.59. The Morgan fingerprint density at radius 2 is 2.11 bits per heavy atom. The quantitative estimate of drug-likeness (QED) is 0.911. The molecular weight excluding hydrogens is 266 g/mol. The first-order chi connectivity index (χ1) is 9.22. The SMILES string of the molecule is NC(c1noc(COc2ccc(Cl)cc2)n1)C1CC1. The van der Waals surface area contributed by atoms with Gasteiger partial charge in [-0.15, -0.1) is 0 Å². The highest BCUT2D eigenvalue weighted by atomic mass is 35.5. The van der Waals surface area contributed by atoms with Gasteiger partial charge in [0.25, 0.3) is 5.89 Å². The van der Waals surface area contributed by atoms with Crippen LogP contribution in [0.15, 0.2) is 28.8 Å². The van der Waals surface area contributed by atoms with Gasteiger partial charge in [-0.1, -0.05) is 16.8 Å². The molecule has 0 amide bonds. The van der Waals surface area contributed by atoms with E-state index in [0.717, 1.165) is 12.8 Å². The lowest BCUT2D eigenvalue weighted by molar-refractivity contribution is 0.242. The van der Waals surface area contributed by atoms with E-state index < -0.39 is 0 Å². The van der Waals surface area contributed by atoms with Gasteiger partial charge in [0.1, 0.15) is 5.75 Å². The van der Waals surface area contributed by atoms with E-state index in [1.807, 2.05) is 0 Å². The summed E-state index contributed by atoms with van der Waals surface area (Å²) in [4.78, 5) is 4.25. The van der Waals surface area contributed by atoms with Crippen molar-refractivity contribution in [1.29, 1.82) is 0 Å². The minimum Gasteiger partial charge on any atom is -0.484 e. The third-order valence-electron chi connectivity index (χ3n) is 3.09. The zero-order valence-electron chi connectivity index (χ0n) is 10.3. The van der Waals surface area contributed by atoms with Crippen molar-refractivity contribution in [2.24, 2.45) is 11.7 Å². The summed E-state index contributed by atoms with van der Waals surface area (Å²) in [5.41, 5.74) is 6.00. The second-order valence-corrected chi connectivity index (χ2v) is 5.09. The summed E-state index contributed by atoms with van der Waals surface area (Å²) in [6.07, 6.45) is 2.29. The number of hydrogen-bond acceptors (Lipinski definition) is 5. The van der Waals surface area contributed by atoms with E-state index in [2.05, 4.69) is 10.1 Å². The Labute approximate surface area is 115 Å². The van der Waals surface area contributed by atoms with Crippen LogP contribution in [0.3, 0.4) is 0 Å². The van der Waals surface area contributed by atoms with Crippen LogP contribution >= 0.6 is 11.6 Å². The predicted octanol–water partition coefficient (Wildman–Crippen LogP) is 2.71. The van der Waals surface area contributed by atoms with Gasteiger partial charge in [-0.3, -0.25) is 0 Å². The van der Waals surface area contributed by atoms with Gasteiger partial charge >= 0.3 is 0 Å². The Bertz CT molecular complexity index is 551. The molecule has 1 aliphatic rings. The molecule has 1 aliphatic carbocycles. The largest absolute Gasteiger partial charge is 0.484 e. The van der Waals surface area contributed by atoms with E-state index >= 15 is 0 Å². The van der Waals surface area contributed by atoms with E-state index in [-0.39, 0.29) is 12.6 Å². The van der Waals surface area contributed by atoms with Gasteiger partial charge in [0.05, 0.1) is 6.04 Å². The molecule has 100 valence electrons. The lowest BCUT2D eigenvalue weighted by Gasteiger charge is -2.03. The standard InChI is InChI=1S/C13H14ClN3O2/c14-9-3-5-10(6-4-9)18-7-11-16-13(17-19-11)12(15)8-1-2-8/h3-6,8,12H,1-2,7,15H2. The van der Waals surface area contributed by atoms with Crippen LogP contribution in [-0.2, 0) is 6.61 Å². The fourth-order valence-corrected chi connectivity index (χ4v) is 1.93. The highest BCUT2D eigenvalue weighted by Crippen LogP contribution is 2.38. The summed E-state index contributed by atoms with van der Waals surface area (Å²) in [7, 11) is 0. The molecule has 5 nitrogen and oxygen atoms in total. The second kappa shape index (κ2) is 5.19. The van der Waals surface area contributed by atoms with Gasteiger partial charge < -0.3 is 15.0 Å². The Kier molecular flexibility index (Phi) is 3.40. The number of rotatable bonds is 5. The normalized spacial score (nSPS) is 16.3. The van der Waals surface area contributed by atoms with Crippen molar-refractivity contribution in [1.82, 2.24) is 10.1 Å². The summed E-state index contributed by atoms with van der Waals surface area (Å²) >= 11 is 5.79. The first-order valence-electron chi connectivity index (χ1n) is 6.19. The summed E-state index contributed by atoms with van der Waals surface area (Å²) < 4.78 is 10.6. The molecule has 2 aromatic rings. The van der Waals surface area contributed by atoms with Crippen molar-refractivity contribution in [3.63, 3.8) is 0 Å². The average Bonchev–Trinajstić information content (AvgIpc) is 3.16. The van der Waals surface area contributed by atoms with Crippen molar-refractivity contribution in [2.45, 2.75) is 25.5 Å². The molecule has 0 radical (unpaired) electrons. The third kappa shape index (κ3) is 3.05. The van der Waals surface area contributed by atoms with Crippen molar-refractivity contribution in [3.8, 4) is 5.75 Å². The maximum Gasteiger partial charge on any atom is 0.264 e. The maximum atomic E-state index is 6.00. The van der Waals surface area contributed by atoms with Crippen LogP contribution in [0.25, 0.3) is 0 Å². The zero-order valence-corrected chi connectivity index (χ0v) is 11.0. The molecule has 6 heteroatoms. The topological polar surface area (TPSA) is 74.2 Å². The fourth-order valence-electron chi connectivity index (χ4n) is 1.80. The predicted molar refractivity (Wildman–Crippen MR) is 69.7 cm³/mol. The molecule has 1 atom stereocenters. The number of aromatic nitrogens is 2. The summed E-state index contributed by atoms with van der Waals surface area (Å²) in [6, 6.07) is 6.98. The monoisotopic (exact) mass is 279 g/mol. The minimum atomic E-state index is -0.118. The van der Waals surface area contributed by atoms with Crippen molar-refractivity contribution in [3.05, 3.63) is 41.0 Å². The number of nitrogens with zero attached hydrogens (tertiary/aromatic N) is 2. The van der Waals surface area contributed by atoms with E-state index in [1.165, 1.54) is 0 Å². The van der Waals surface area contributed by atoms with E-state index in [9.17, 15) is 0 Å². The van der Waals surface area contributed by atoms with E-state index in [1.54, 1.807) is 24.3 Å². The van der Waals surface area contributed by atoms with Gasteiger partial charge in [-0.25, -0.2) is 0 Å². The third-order valence-corrected chi connectivity index (χ3v) is 3.34. The molecule has 0 saturated heterocycles.